The number of Topliss-reactive ketones (excluding diaryl/α,β-unsaturated/α-hetero) is 2. The van der Waals surface area contributed by atoms with Gasteiger partial charge in [0.25, 0.3) is 0 Å². The number of hydrogen-bond acceptors (Lipinski definition) is 6. The Balaban J connectivity index is 1.56. The van der Waals surface area contributed by atoms with Crippen molar-refractivity contribution in [2.45, 2.75) is 39.0 Å². The van der Waals surface area contributed by atoms with Crippen LogP contribution in [0.1, 0.15) is 47.4 Å². The number of nitriles is 2. The van der Waals surface area contributed by atoms with Crippen LogP contribution >= 0.6 is 0 Å². The highest BCUT2D eigenvalue weighted by molar-refractivity contribution is 6.11. The second-order valence-corrected chi connectivity index (χ2v) is 8.87. The number of amides is 1. The second-order valence-electron chi connectivity index (χ2n) is 8.87. The van der Waals surface area contributed by atoms with E-state index >= 15 is 0 Å². The van der Waals surface area contributed by atoms with Gasteiger partial charge in [-0.2, -0.15) is 10.5 Å². The van der Waals surface area contributed by atoms with Crippen LogP contribution in [0, 0.1) is 41.9 Å². The Hall–Kier alpha value is -3.84. The molecular weight excluding hydrogens is 404 g/mol. The summed E-state index contributed by atoms with van der Waals surface area (Å²) in [5.74, 6) is -1.25. The number of carbonyl (C=O) groups excluding carboxylic acids is 3. The average Bonchev–Trinajstić information content (AvgIpc) is 2.73. The average molecular weight is 426 g/mol. The van der Waals surface area contributed by atoms with E-state index in [2.05, 4.69) is 4.98 Å². The van der Waals surface area contributed by atoms with E-state index in [-0.39, 0.29) is 36.7 Å². The molecule has 1 amide bonds. The molecule has 1 aliphatic heterocycles. The number of aromatic nitrogens is 1. The molecule has 1 aromatic carbocycles. The third-order valence-corrected chi connectivity index (χ3v) is 6.45. The minimum atomic E-state index is -0.785. The van der Waals surface area contributed by atoms with Crippen molar-refractivity contribution in [3.8, 4) is 23.4 Å². The van der Waals surface area contributed by atoms with Crippen molar-refractivity contribution in [2.75, 3.05) is 13.1 Å². The molecule has 4 rings (SSSR count). The summed E-state index contributed by atoms with van der Waals surface area (Å²) in [6.45, 7) is 4.51. The van der Waals surface area contributed by atoms with Crippen LogP contribution in [0.15, 0.2) is 30.5 Å². The molecule has 7 nitrogen and oxygen atoms in total. The van der Waals surface area contributed by atoms with Gasteiger partial charge in [-0.05, 0) is 54.8 Å². The van der Waals surface area contributed by atoms with Crippen LogP contribution in [-0.4, -0.2) is 40.4 Å². The van der Waals surface area contributed by atoms with E-state index in [9.17, 15) is 14.4 Å². The van der Waals surface area contributed by atoms with Crippen LogP contribution in [0.2, 0.25) is 0 Å². The topological polar surface area (TPSA) is 115 Å². The van der Waals surface area contributed by atoms with Crippen LogP contribution < -0.4 is 0 Å². The molecule has 1 saturated carbocycles. The van der Waals surface area contributed by atoms with Crippen molar-refractivity contribution in [3.05, 3.63) is 52.7 Å². The molecule has 32 heavy (non-hydrogen) atoms. The summed E-state index contributed by atoms with van der Waals surface area (Å²) in [4.78, 5) is 44.0. The van der Waals surface area contributed by atoms with Gasteiger partial charge in [0.05, 0.1) is 17.3 Å². The fourth-order valence-corrected chi connectivity index (χ4v) is 5.06. The number of hydrogen-bond donors (Lipinski definition) is 0. The summed E-state index contributed by atoms with van der Waals surface area (Å²) < 4.78 is 0. The Kier molecular flexibility index (Phi) is 5.36. The summed E-state index contributed by atoms with van der Waals surface area (Å²) in [7, 11) is 0. The molecule has 2 aliphatic rings. The number of rotatable bonds is 3. The van der Waals surface area contributed by atoms with E-state index in [1.807, 2.05) is 38.1 Å². The SMILES string of the molecule is Cc1cc(-c2ccc(C#N)cn2)cc(C)c1C1C(=O)CC2(CC1=O)CN(C(=O)CC#N)C2. The van der Waals surface area contributed by atoms with Crippen LogP contribution in [0.5, 0.6) is 0 Å². The first-order chi connectivity index (χ1) is 15.3. The van der Waals surface area contributed by atoms with Crippen LogP contribution in [-0.2, 0) is 14.4 Å². The first-order valence-electron chi connectivity index (χ1n) is 10.4. The lowest BCUT2D eigenvalue weighted by Gasteiger charge is -2.52. The standard InChI is InChI=1S/C25H22N4O3/c1-15-7-18(19-4-3-17(11-27)12-28-19)8-16(2)23(15)24-20(30)9-25(10-21(24)31)13-29(14-25)22(32)5-6-26/h3-4,7-8,12,24H,5,9-10,13-14H2,1-2H3. The first kappa shape index (κ1) is 21.4. The van der Waals surface area contributed by atoms with Crippen molar-refractivity contribution in [3.63, 3.8) is 0 Å². The first-order valence-corrected chi connectivity index (χ1v) is 10.4. The lowest BCUT2D eigenvalue weighted by Crippen LogP contribution is -2.62. The number of ketones is 2. The maximum Gasteiger partial charge on any atom is 0.236 e. The number of aryl methyl sites for hydroxylation is 2. The Labute approximate surface area is 186 Å². The Morgan fingerprint density at radius 3 is 2.25 bits per heavy atom. The molecule has 0 bridgehead atoms. The van der Waals surface area contributed by atoms with E-state index < -0.39 is 11.3 Å². The van der Waals surface area contributed by atoms with E-state index in [0.29, 0.717) is 18.7 Å². The zero-order valence-corrected chi connectivity index (χ0v) is 18.0. The fourth-order valence-electron chi connectivity index (χ4n) is 5.06. The highest BCUT2D eigenvalue weighted by Crippen LogP contribution is 2.46. The predicted molar refractivity (Wildman–Crippen MR) is 115 cm³/mol. The molecule has 2 fully saturated rings. The highest BCUT2D eigenvalue weighted by atomic mass is 16.2. The number of benzene rings is 1. The van der Waals surface area contributed by atoms with Gasteiger partial charge in [0, 0.05) is 43.1 Å². The van der Waals surface area contributed by atoms with Gasteiger partial charge in [-0.3, -0.25) is 19.4 Å². The molecule has 2 aromatic rings. The molecule has 1 spiro atoms. The maximum absolute atomic E-state index is 13.1. The normalized spacial score (nSPS) is 17.6. The minimum Gasteiger partial charge on any atom is -0.341 e. The maximum atomic E-state index is 13.1. The molecule has 0 unspecified atom stereocenters. The number of pyridine rings is 1. The summed E-state index contributed by atoms with van der Waals surface area (Å²) in [6, 6.07) is 11.2. The molecule has 0 radical (unpaired) electrons. The Morgan fingerprint density at radius 1 is 1.12 bits per heavy atom. The molecule has 160 valence electrons. The van der Waals surface area contributed by atoms with Gasteiger partial charge in [0.1, 0.15) is 30.0 Å². The van der Waals surface area contributed by atoms with Crippen molar-refractivity contribution in [2.24, 2.45) is 5.41 Å². The molecule has 0 atom stereocenters. The third kappa shape index (κ3) is 3.67. The molecule has 1 aromatic heterocycles. The van der Waals surface area contributed by atoms with Gasteiger partial charge in [-0.25, -0.2) is 0 Å². The number of nitrogens with zero attached hydrogens (tertiary/aromatic N) is 4. The van der Waals surface area contributed by atoms with E-state index in [1.54, 1.807) is 17.0 Å². The summed E-state index contributed by atoms with van der Waals surface area (Å²) in [6.07, 6.45) is 1.86. The van der Waals surface area contributed by atoms with E-state index in [1.165, 1.54) is 6.20 Å². The number of carbonyl (C=O) groups is 3. The minimum absolute atomic E-state index is 0.107. The Bertz CT molecular complexity index is 1170. The van der Waals surface area contributed by atoms with Gasteiger partial charge in [0.2, 0.25) is 5.91 Å². The molecule has 7 heteroatoms. The van der Waals surface area contributed by atoms with Crippen LogP contribution in [0.25, 0.3) is 11.3 Å². The molecule has 0 N–H and O–H groups in total. The lowest BCUT2D eigenvalue weighted by molar-refractivity contribution is -0.154. The summed E-state index contributed by atoms with van der Waals surface area (Å²) in [5.41, 5.74) is 4.05. The lowest BCUT2D eigenvalue weighted by atomic mass is 9.63. The van der Waals surface area contributed by atoms with Gasteiger partial charge in [-0.1, -0.05) is 0 Å². The van der Waals surface area contributed by atoms with Crippen molar-refractivity contribution in [1.29, 1.82) is 10.5 Å². The van der Waals surface area contributed by atoms with Gasteiger partial charge >= 0.3 is 0 Å². The van der Waals surface area contributed by atoms with Crippen LogP contribution in [0.3, 0.4) is 0 Å². The highest BCUT2D eigenvalue weighted by Gasteiger charge is 2.53. The second kappa shape index (κ2) is 8.01. The zero-order valence-electron chi connectivity index (χ0n) is 18.0. The van der Waals surface area contributed by atoms with Gasteiger partial charge < -0.3 is 4.90 Å². The largest absolute Gasteiger partial charge is 0.341 e. The van der Waals surface area contributed by atoms with Crippen molar-refractivity contribution < 1.29 is 14.4 Å². The third-order valence-electron chi connectivity index (χ3n) is 6.45. The summed E-state index contributed by atoms with van der Waals surface area (Å²) in [5, 5.41) is 17.7. The molecular formula is C25H22N4O3. The molecule has 1 saturated heterocycles. The molecule has 1 aliphatic carbocycles. The van der Waals surface area contributed by atoms with Crippen molar-refractivity contribution >= 4 is 17.5 Å². The number of likely N-dealkylation sites (tertiary alicyclic amines) is 1. The quantitative estimate of drug-likeness (QED) is 0.697. The van der Waals surface area contributed by atoms with Crippen molar-refractivity contribution in [1.82, 2.24) is 9.88 Å². The smallest absolute Gasteiger partial charge is 0.236 e. The van der Waals surface area contributed by atoms with Crippen LogP contribution in [0.4, 0.5) is 0 Å². The zero-order chi connectivity index (χ0) is 23.0. The summed E-state index contributed by atoms with van der Waals surface area (Å²) >= 11 is 0. The predicted octanol–water partition coefficient (Wildman–Crippen LogP) is 3.00. The van der Waals surface area contributed by atoms with Gasteiger partial charge in [-0.15, -0.1) is 0 Å². The van der Waals surface area contributed by atoms with E-state index in [0.717, 1.165) is 27.9 Å². The molecule has 2 heterocycles. The van der Waals surface area contributed by atoms with E-state index in [4.69, 9.17) is 10.5 Å². The fraction of sp³-hybridized carbons (Fsp3) is 0.360. The van der Waals surface area contributed by atoms with Gasteiger partial charge in [0.15, 0.2) is 0 Å². The Morgan fingerprint density at radius 2 is 1.75 bits per heavy atom. The monoisotopic (exact) mass is 426 g/mol.